The van der Waals surface area contributed by atoms with E-state index < -0.39 is 61.3 Å². The number of carbonyl (C=O) groups excluding carboxylic acids is 4. The second-order valence-electron chi connectivity index (χ2n) is 4.16. The van der Waals surface area contributed by atoms with Crippen LogP contribution >= 0.6 is 0 Å². The Bertz CT molecular complexity index is 404. The number of hydrogen-bond donors (Lipinski definition) is 2. The van der Waals surface area contributed by atoms with E-state index in [1.165, 1.54) is 0 Å². The number of carbonyl (C=O) groups is 4. The maximum atomic E-state index is 10.7. The van der Waals surface area contributed by atoms with Crippen LogP contribution in [0.25, 0.3) is 0 Å². The molecule has 14 heteroatoms. The van der Waals surface area contributed by atoms with Crippen LogP contribution in [-0.2, 0) is 53.3 Å². The second kappa shape index (κ2) is 15.3. The fourth-order valence-electron chi connectivity index (χ4n) is 1.72. The van der Waals surface area contributed by atoms with E-state index in [0.29, 0.717) is 0 Å². The Morgan fingerprint density at radius 3 is 1.46 bits per heavy atom. The summed E-state index contributed by atoms with van der Waals surface area (Å²) < 4.78 is 0. The van der Waals surface area contributed by atoms with Crippen LogP contribution < -0.4 is 31.5 Å². The normalized spacial score (nSPS) is 10.5. The van der Waals surface area contributed by atoms with E-state index in [1.807, 2.05) is 0 Å². The Labute approximate surface area is 157 Å². The molecule has 7 N–H and O–H groups in total. The quantitative estimate of drug-likeness (QED) is 0.305. The van der Waals surface area contributed by atoms with E-state index in [-0.39, 0.29) is 45.1 Å². The minimum absolute atomic E-state index is 0. The Morgan fingerprint density at radius 2 is 1.21 bits per heavy atom. The van der Waals surface area contributed by atoms with Crippen molar-refractivity contribution in [2.45, 2.75) is 30.8 Å². The number of nitrogens with one attached hydrogen (secondary N) is 1. The molecule has 0 aromatic heterocycles. The molecule has 0 spiro atoms. The molecule has 0 saturated heterocycles. The first-order valence-corrected chi connectivity index (χ1v) is 5.39. The third kappa shape index (κ3) is 13.2. The molecule has 0 aromatic carbocycles. The van der Waals surface area contributed by atoms with Crippen molar-refractivity contribution in [3.63, 3.8) is 0 Å². The molecule has 0 aliphatic heterocycles. The van der Waals surface area contributed by atoms with Gasteiger partial charge in [-0.2, -0.15) is 0 Å². The molecule has 0 fully saturated rings. The van der Waals surface area contributed by atoms with E-state index in [2.05, 4.69) is 5.32 Å². The summed E-state index contributed by atoms with van der Waals surface area (Å²) in [7, 11) is 0. The van der Waals surface area contributed by atoms with E-state index in [4.69, 9.17) is 5.73 Å². The first-order chi connectivity index (χ1) is 9.09. The number of carboxylic acids is 4. The van der Waals surface area contributed by atoms with Crippen LogP contribution in [0.1, 0.15) is 19.3 Å². The molecule has 1 atom stereocenters. The Morgan fingerprint density at radius 1 is 0.833 bits per heavy atom. The smallest absolute Gasteiger partial charge is 0.550 e. The molecule has 1 unspecified atom stereocenters. The molecule has 0 aromatic rings. The first-order valence-electron chi connectivity index (χ1n) is 5.39. The molecule has 0 aliphatic carbocycles. The second-order valence-corrected chi connectivity index (χ2v) is 4.16. The average Bonchev–Trinajstić information content (AvgIpc) is 2.23. The standard InChI is InChI=1S/C10H16N2O8.2Fe.2H2O/c11-5(1-6(13)14)10(2-7(15)16,3-8(17)18)12-4-9(19)20;;;;/h5,12H,1-4,11H2,(H,13,14)(H,15,16)(H,17,18)(H,19,20);;;2*1H2/q;2*+2;;/p-4. The summed E-state index contributed by atoms with van der Waals surface area (Å²) in [5.74, 6) is -6.81. The Hall–Kier alpha value is -1.24. The molecule has 0 amide bonds. The summed E-state index contributed by atoms with van der Waals surface area (Å²) in [6.07, 6.45) is -2.94. The van der Waals surface area contributed by atoms with Crippen molar-refractivity contribution in [2.24, 2.45) is 5.73 Å². The number of carboxylic acid groups (broad SMARTS) is 4. The SMILES string of the molecule is NC(CC(=O)[O-])C(CC(=O)[O-])(CC(=O)[O-])NCC(=O)[O-].O.O.[Fe+2].[Fe+2]. The van der Waals surface area contributed by atoms with Gasteiger partial charge in [0.25, 0.3) is 0 Å². The van der Waals surface area contributed by atoms with Crippen LogP contribution in [0.5, 0.6) is 0 Å². The van der Waals surface area contributed by atoms with E-state index >= 15 is 0 Å². The molecular formula is C10H16Fe2N2O10. The van der Waals surface area contributed by atoms with Gasteiger partial charge < -0.3 is 61.6 Å². The number of rotatable bonds is 10. The molecule has 0 heterocycles. The summed E-state index contributed by atoms with van der Waals surface area (Å²) in [6.45, 7) is -0.929. The van der Waals surface area contributed by atoms with Crippen LogP contribution in [0.3, 0.4) is 0 Å². The van der Waals surface area contributed by atoms with Crippen LogP contribution in [0.2, 0.25) is 0 Å². The predicted molar refractivity (Wildman–Crippen MR) is 59.8 cm³/mol. The zero-order chi connectivity index (χ0) is 15.9. The van der Waals surface area contributed by atoms with Crippen molar-refractivity contribution in [3.05, 3.63) is 0 Å². The molecule has 0 aliphatic rings. The third-order valence-corrected chi connectivity index (χ3v) is 2.60. The summed E-state index contributed by atoms with van der Waals surface area (Å²) in [5, 5.41) is 44.3. The van der Waals surface area contributed by atoms with Gasteiger partial charge in [-0.3, -0.25) is 0 Å². The average molecular weight is 436 g/mol. The minimum atomic E-state index is -2.07. The maximum absolute atomic E-state index is 10.7. The molecule has 24 heavy (non-hydrogen) atoms. The summed E-state index contributed by atoms with van der Waals surface area (Å²) >= 11 is 0. The molecular weight excluding hydrogens is 420 g/mol. The number of hydrogen-bond acceptors (Lipinski definition) is 10. The minimum Gasteiger partial charge on any atom is -0.550 e. The van der Waals surface area contributed by atoms with Gasteiger partial charge in [0.2, 0.25) is 0 Å². The van der Waals surface area contributed by atoms with Crippen LogP contribution in [0.15, 0.2) is 0 Å². The number of nitrogens with two attached hydrogens (primary N) is 1. The van der Waals surface area contributed by atoms with Gasteiger partial charge in [0.1, 0.15) is 0 Å². The van der Waals surface area contributed by atoms with Gasteiger partial charge in [-0.25, -0.2) is 0 Å². The molecule has 12 nitrogen and oxygen atoms in total. The van der Waals surface area contributed by atoms with E-state index in [0.717, 1.165) is 0 Å². The summed E-state index contributed by atoms with van der Waals surface area (Å²) in [4.78, 5) is 42.3. The largest absolute Gasteiger partial charge is 2.00 e. The maximum Gasteiger partial charge on any atom is 2.00 e. The third-order valence-electron chi connectivity index (χ3n) is 2.60. The van der Waals surface area contributed by atoms with Crippen LogP contribution in [-0.4, -0.2) is 53.0 Å². The van der Waals surface area contributed by atoms with Crippen LogP contribution in [0, 0.1) is 0 Å². The summed E-state index contributed by atoms with van der Waals surface area (Å²) in [6, 6.07) is -1.55. The van der Waals surface area contributed by atoms with Gasteiger partial charge in [-0.15, -0.1) is 0 Å². The molecule has 142 valence electrons. The van der Waals surface area contributed by atoms with Crippen molar-refractivity contribution in [1.29, 1.82) is 0 Å². The first kappa shape index (κ1) is 34.2. The van der Waals surface area contributed by atoms with Crippen LogP contribution in [0.4, 0.5) is 0 Å². The van der Waals surface area contributed by atoms with E-state index in [9.17, 15) is 39.6 Å². The summed E-state index contributed by atoms with van der Waals surface area (Å²) in [5.41, 5.74) is 3.39. The fourth-order valence-corrected chi connectivity index (χ4v) is 1.72. The van der Waals surface area contributed by atoms with Gasteiger partial charge in [-0.05, 0) is 0 Å². The zero-order valence-electron chi connectivity index (χ0n) is 12.0. The van der Waals surface area contributed by atoms with Crippen molar-refractivity contribution >= 4 is 23.9 Å². The van der Waals surface area contributed by atoms with Gasteiger partial charge in [0.15, 0.2) is 0 Å². The molecule has 0 rings (SSSR count). The van der Waals surface area contributed by atoms with Crippen molar-refractivity contribution in [2.75, 3.05) is 6.54 Å². The van der Waals surface area contributed by atoms with Crippen molar-refractivity contribution in [3.8, 4) is 0 Å². The van der Waals surface area contributed by atoms with E-state index in [1.54, 1.807) is 0 Å². The zero-order valence-corrected chi connectivity index (χ0v) is 14.2. The molecule has 0 bridgehead atoms. The molecule has 0 saturated carbocycles. The monoisotopic (exact) mass is 436 g/mol. The van der Waals surface area contributed by atoms with Gasteiger partial charge in [0.05, 0.1) is 5.97 Å². The Kier molecular flexibility index (Phi) is 21.8. The predicted octanol–water partition coefficient (Wildman–Crippen LogP) is -8.84. The van der Waals surface area contributed by atoms with Gasteiger partial charge in [0, 0.05) is 55.3 Å². The Balaban J connectivity index is -0.000000301. The van der Waals surface area contributed by atoms with Crippen molar-refractivity contribution in [1.82, 2.24) is 5.32 Å². The molecule has 0 radical (unpaired) electrons. The fraction of sp³-hybridized carbons (Fsp3) is 0.600. The van der Waals surface area contributed by atoms with Gasteiger partial charge in [-0.1, -0.05) is 0 Å². The topological polar surface area (TPSA) is 262 Å². The van der Waals surface area contributed by atoms with Crippen molar-refractivity contribution < 1.29 is 84.7 Å². The van der Waals surface area contributed by atoms with Gasteiger partial charge >= 0.3 is 34.1 Å². The number of aliphatic carboxylic acids is 4.